The van der Waals surface area contributed by atoms with E-state index in [0.29, 0.717) is 10.6 Å². The highest BCUT2D eigenvalue weighted by atomic mass is 35.5. The molecule has 0 N–H and O–H groups in total. The third-order valence-electron chi connectivity index (χ3n) is 2.15. The quantitative estimate of drug-likeness (QED) is 0.827. The molecule has 16 heavy (non-hydrogen) atoms. The van der Waals surface area contributed by atoms with E-state index >= 15 is 0 Å². The molecule has 1 heterocycles. The van der Waals surface area contributed by atoms with Gasteiger partial charge in [0.1, 0.15) is 0 Å². The molecule has 0 saturated heterocycles. The van der Waals surface area contributed by atoms with Gasteiger partial charge in [-0.2, -0.15) is 17.6 Å². The van der Waals surface area contributed by atoms with E-state index in [0.717, 1.165) is 4.09 Å². The van der Waals surface area contributed by atoms with Crippen LogP contribution in [0.25, 0.3) is 0 Å². The summed E-state index contributed by atoms with van der Waals surface area (Å²) in [5.74, 6) is 0. The maximum atomic E-state index is 12.1. The molecule has 4 nitrogen and oxygen atoms in total. The van der Waals surface area contributed by atoms with E-state index in [9.17, 15) is 8.42 Å². The van der Waals surface area contributed by atoms with Crippen molar-refractivity contribution in [3.63, 3.8) is 0 Å². The van der Waals surface area contributed by atoms with Crippen LogP contribution in [-0.2, 0) is 10.0 Å². The molecule has 0 bridgehead atoms. The first-order valence-corrected chi connectivity index (χ1v) is 6.35. The summed E-state index contributed by atoms with van der Waals surface area (Å²) in [6.07, 6.45) is 2.80. The fourth-order valence-electron chi connectivity index (χ4n) is 1.35. The monoisotopic (exact) mass is 256 g/mol. The molecule has 1 aromatic carbocycles. The van der Waals surface area contributed by atoms with Crippen molar-refractivity contribution < 1.29 is 8.42 Å². The van der Waals surface area contributed by atoms with Gasteiger partial charge in [-0.1, -0.05) is 17.7 Å². The van der Waals surface area contributed by atoms with Gasteiger partial charge < -0.3 is 0 Å². The molecule has 0 aliphatic heterocycles. The molecule has 0 spiro atoms. The lowest BCUT2D eigenvalue weighted by Gasteiger charge is -2.07. The lowest BCUT2D eigenvalue weighted by atomic mass is 10.2. The van der Waals surface area contributed by atoms with Crippen LogP contribution in [0.5, 0.6) is 0 Å². The fraction of sp³-hybridized carbons (Fsp3) is 0.100. The van der Waals surface area contributed by atoms with Gasteiger partial charge in [0.15, 0.2) is 0 Å². The second kappa shape index (κ2) is 3.92. The number of benzene rings is 1. The number of aryl methyl sites for hydroxylation is 1. The molecule has 0 atom stereocenters. The van der Waals surface area contributed by atoms with Crippen molar-refractivity contribution in [2.75, 3.05) is 0 Å². The maximum Gasteiger partial charge on any atom is 0.283 e. The van der Waals surface area contributed by atoms with Crippen molar-refractivity contribution in [3.05, 3.63) is 47.2 Å². The Kier molecular flexibility index (Phi) is 2.73. The van der Waals surface area contributed by atoms with E-state index < -0.39 is 10.0 Å². The average molecular weight is 257 g/mol. The van der Waals surface area contributed by atoms with Gasteiger partial charge in [0.2, 0.25) is 0 Å². The average Bonchev–Trinajstić information content (AvgIpc) is 2.75. The summed E-state index contributed by atoms with van der Waals surface area (Å²) < 4.78 is 25.1. The van der Waals surface area contributed by atoms with E-state index in [2.05, 4.69) is 5.10 Å². The van der Waals surface area contributed by atoms with Gasteiger partial charge >= 0.3 is 0 Å². The van der Waals surface area contributed by atoms with Gasteiger partial charge in [-0.05, 0) is 30.7 Å². The number of aromatic nitrogens is 2. The van der Waals surface area contributed by atoms with Crippen LogP contribution >= 0.6 is 11.6 Å². The minimum absolute atomic E-state index is 0.170. The highest BCUT2D eigenvalue weighted by molar-refractivity contribution is 7.89. The first kappa shape index (κ1) is 11.2. The first-order valence-electron chi connectivity index (χ1n) is 4.53. The molecular formula is C10H9ClN2O2S. The van der Waals surface area contributed by atoms with Crippen LogP contribution in [0.3, 0.4) is 0 Å². The number of rotatable bonds is 2. The third kappa shape index (κ3) is 1.83. The Morgan fingerprint density at radius 2 is 2.12 bits per heavy atom. The molecule has 0 aliphatic carbocycles. The maximum absolute atomic E-state index is 12.1. The van der Waals surface area contributed by atoms with E-state index in [4.69, 9.17) is 11.6 Å². The second-order valence-corrected chi connectivity index (χ2v) is 5.49. The summed E-state index contributed by atoms with van der Waals surface area (Å²) in [4.78, 5) is 0.170. The van der Waals surface area contributed by atoms with Gasteiger partial charge in [0, 0.05) is 11.2 Å². The van der Waals surface area contributed by atoms with Gasteiger partial charge in [-0.25, -0.2) is 0 Å². The van der Waals surface area contributed by atoms with E-state index in [1.807, 2.05) is 0 Å². The van der Waals surface area contributed by atoms with Crippen LogP contribution in [0.15, 0.2) is 41.6 Å². The first-order chi connectivity index (χ1) is 7.51. The van der Waals surface area contributed by atoms with E-state index in [1.165, 1.54) is 18.5 Å². The van der Waals surface area contributed by atoms with E-state index in [1.54, 1.807) is 25.1 Å². The molecule has 0 aliphatic rings. The summed E-state index contributed by atoms with van der Waals surface area (Å²) in [6, 6.07) is 6.29. The zero-order chi connectivity index (χ0) is 11.8. The van der Waals surface area contributed by atoms with Crippen molar-refractivity contribution in [2.45, 2.75) is 11.8 Å². The summed E-state index contributed by atoms with van der Waals surface area (Å²) >= 11 is 5.79. The molecule has 84 valence electrons. The molecule has 0 fully saturated rings. The summed E-state index contributed by atoms with van der Waals surface area (Å²) in [6.45, 7) is 1.71. The van der Waals surface area contributed by atoms with Crippen molar-refractivity contribution in [3.8, 4) is 0 Å². The number of nitrogens with zero attached hydrogens (tertiary/aromatic N) is 2. The highest BCUT2D eigenvalue weighted by Crippen LogP contribution is 2.21. The normalized spacial score (nSPS) is 11.6. The van der Waals surface area contributed by atoms with Crippen molar-refractivity contribution in [2.24, 2.45) is 0 Å². The lowest BCUT2D eigenvalue weighted by Crippen LogP contribution is -2.14. The van der Waals surface area contributed by atoms with Crippen molar-refractivity contribution in [1.82, 2.24) is 9.19 Å². The Balaban J connectivity index is 2.65. The summed E-state index contributed by atoms with van der Waals surface area (Å²) in [5, 5.41) is 4.11. The molecule has 0 radical (unpaired) electrons. The fourth-order valence-corrected chi connectivity index (χ4v) is 2.95. The molecule has 0 unspecified atom stereocenters. The Morgan fingerprint density at radius 1 is 1.38 bits per heavy atom. The Bertz CT molecular complexity index is 606. The predicted molar refractivity (Wildman–Crippen MR) is 61.0 cm³/mol. The lowest BCUT2D eigenvalue weighted by molar-refractivity contribution is 0.579. The van der Waals surface area contributed by atoms with Gasteiger partial charge in [0.25, 0.3) is 10.0 Å². The predicted octanol–water partition coefficient (Wildman–Crippen LogP) is 2.08. The van der Waals surface area contributed by atoms with Crippen molar-refractivity contribution >= 4 is 21.6 Å². The Hall–Kier alpha value is -1.33. The molecule has 6 heteroatoms. The smallest absolute Gasteiger partial charge is 0.199 e. The number of hydrogen-bond acceptors (Lipinski definition) is 3. The van der Waals surface area contributed by atoms with E-state index in [-0.39, 0.29) is 4.90 Å². The van der Waals surface area contributed by atoms with Gasteiger partial charge in [-0.3, -0.25) is 0 Å². The molecule has 0 amide bonds. The second-order valence-electron chi connectivity index (χ2n) is 3.29. The molecular weight excluding hydrogens is 248 g/mol. The van der Waals surface area contributed by atoms with Gasteiger partial charge in [-0.15, -0.1) is 0 Å². The van der Waals surface area contributed by atoms with Crippen LogP contribution in [0.2, 0.25) is 5.02 Å². The zero-order valence-corrected chi connectivity index (χ0v) is 10.0. The summed E-state index contributed by atoms with van der Waals surface area (Å²) in [7, 11) is -3.63. The molecule has 0 saturated carbocycles. The SMILES string of the molecule is Cc1ccc(Cl)cc1S(=O)(=O)n1cccn1. The van der Waals surface area contributed by atoms with Crippen LogP contribution < -0.4 is 0 Å². The number of hydrogen-bond donors (Lipinski definition) is 0. The van der Waals surface area contributed by atoms with Crippen LogP contribution in [-0.4, -0.2) is 17.6 Å². The molecule has 2 rings (SSSR count). The van der Waals surface area contributed by atoms with Gasteiger partial charge in [0.05, 0.1) is 11.1 Å². The standard InChI is InChI=1S/C10H9ClN2O2S/c1-8-3-4-9(11)7-10(8)16(14,15)13-6-2-5-12-13/h2-7H,1H3. The Morgan fingerprint density at radius 3 is 2.75 bits per heavy atom. The zero-order valence-electron chi connectivity index (χ0n) is 8.46. The van der Waals surface area contributed by atoms with Crippen LogP contribution in [0.4, 0.5) is 0 Å². The summed E-state index contributed by atoms with van der Waals surface area (Å²) in [5.41, 5.74) is 0.639. The molecule has 2 aromatic rings. The highest BCUT2D eigenvalue weighted by Gasteiger charge is 2.19. The largest absolute Gasteiger partial charge is 0.283 e. The minimum atomic E-state index is -3.63. The minimum Gasteiger partial charge on any atom is -0.199 e. The Labute approximate surface area is 98.5 Å². The van der Waals surface area contributed by atoms with Crippen LogP contribution in [0, 0.1) is 6.92 Å². The third-order valence-corrected chi connectivity index (χ3v) is 4.09. The molecule has 1 aromatic heterocycles. The number of halogens is 1. The van der Waals surface area contributed by atoms with Crippen LogP contribution in [0.1, 0.15) is 5.56 Å². The van der Waals surface area contributed by atoms with Crippen molar-refractivity contribution in [1.29, 1.82) is 0 Å². The topological polar surface area (TPSA) is 52.0 Å².